The second-order valence-electron chi connectivity index (χ2n) is 5.05. The molecule has 6 heteroatoms. The van der Waals surface area contributed by atoms with Crippen molar-refractivity contribution in [3.05, 3.63) is 17.0 Å². The standard InChI is InChI=1S/C13H18ClN3O2/c1-4-19-12(18)13(3)5-6-17(8-13)11-7-10(14)15-9(2)16-11/h7H,4-6,8H2,1-3H3. The predicted molar refractivity (Wildman–Crippen MR) is 73.3 cm³/mol. The van der Waals surface area contributed by atoms with Crippen LogP contribution in [0.5, 0.6) is 0 Å². The van der Waals surface area contributed by atoms with Gasteiger partial charge in [-0.25, -0.2) is 9.97 Å². The molecule has 1 aliphatic rings. The van der Waals surface area contributed by atoms with Crippen LogP contribution in [0.1, 0.15) is 26.1 Å². The maximum Gasteiger partial charge on any atom is 0.313 e. The van der Waals surface area contributed by atoms with E-state index in [1.54, 1.807) is 13.0 Å². The van der Waals surface area contributed by atoms with E-state index in [9.17, 15) is 4.79 Å². The minimum atomic E-state index is -0.471. The van der Waals surface area contributed by atoms with Crippen LogP contribution < -0.4 is 4.90 Å². The van der Waals surface area contributed by atoms with Gasteiger partial charge >= 0.3 is 5.97 Å². The van der Waals surface area contributed by atoms with Gasteiger partial charge in [-0.1, -0.05) is 11.6 Å². The number of carbonyl (C=O) groups excluding carboxylic acids is 1. The molecule has 0 bridgehead atoms. The minimum Gasteiger partial charge on any atom is -0.466 e. The normalized spacial score (nSPS) is 22.6. The Morgan fingerprint density at radius 3 is 2.95 bits per heavy atom. The maximum atomic E-state index is 12.0. The zero-order chi connectivity index (χ0) is 14.0. The summed E-state index contributed by atoms with van der Waals surface area (Å²) in [6.07, 6.45) is 0.756. The van der Waals surface area contributed by atoms with E-state index in [0.717, 1.165) is 18.8 Å². The van der Waals surface area contributed by atoms with Crippen molar-refractivity contribution in [2.75, 3.05) is 24.6 Å². The Kier molecular flexibility index (Phi) is 3.94. The molecule has 0 aromatic carbocycles. The minimum absolute atomic E-state index is 0.144. The Morgan fingerprint density at radius 1 is 1.58 bits per heavy atom. The number of anilines is 1. The summed E-state index contributed by atoms with van der Waals surface area (Å²) in [6, 6.07) is 1.73. The van der Waals surface area contributed by atoms with Crippen LogP contribution in [0.25, 0.3) is 0 Å². The van der Waals surface area contributed by atoms with Crippen LogP contribution in [0.3, 0.4) is 0 Å². The Balaban J connectivity index is 2.15. The Morgan fingerprint density at radius 2 is 2.32 bits per heavy atom. The van der Waals surface area contributed by atoms with Crippen molar-refractivity contribution in [3.63, 3.8) is 0 Å². The monoisotopic (exact) mass is 283 g/mol. The highest BCUT2D eigenvalue weighted by Crippen LogP contribution is 2.34. The maximum absolute atomic E-state index is 12.0. The number of hydrogen-bond donors (Lipinski definition) is 0. The topological polar surface area (TPSA) is 55.3 Å². The molecule has 104 valence electrons. The van der Waals surface area contributed by atoms with Gasteiger partial charge in [0, 0.05) is 19.2 Å². The largest absolute Gasteiger partial charge is 0.466 e. The molecule has 1 aliphatic heterocycles. The van der Waals surface area contributed by atoms with Gasteiger partial charge in [-0.05, 0) is 27.2 Å². The summed E-state index contributed by atoms with van der Waals surface area (Å²) in [5, 5.41) is 0.423. The number of halogens is 1. The van der Waals surface area contributed by atoms with Gasteiger partial charge in [0.1, 0.15) is 16.8 Å². The molecule has 0 spiro atoms. The number of aromatic nitrogens is 2. The van der Waals surface area contributed by atoms with E-state index in [4.69, 9.17) is 16.3 Å². The first-order valence-corrected chi connectivity index (χ1v) is 6.76. The molecule has 1 saturated heterocycles. The molecule has 19 heavy (non-hydrogen) atoms. The third-order valence-corrected chi connectivity index (χ3v) is 3.55. The highest BCUT2D eigenvalue weighted by molar-refractivity contribution is 6.29. The van der Waals surface area contributed by atoms with E-state index in [1.165, 1.54) is 0 Å². The number of nitrogens with zero attached hydrogens (tertiary/aromatic N) is 3. The zero-order valence-electron chi connectivity index (χ0n) is 11.4. The van der Waals surface area contributed by atoms with Crippen molar-refractivity contribution in [3.8, 4) is 0 Å². The molecular weight excluding hydrogens is 266 g/mol. The lowest BCUT2D eigenvalue weighted by Gasteiger charge is -2.23. The van der Waals surface area contributed by atoms with E-state index in [2.05, 4.69) is 14.9 Å². The van der Waals surface area contributed by atoms with Crippen LogP contribution in [0.4, 0.5) is 5.82 Å². The van der Waals surface area contributed by atoms with E-state index in [1.807, 2.05) is 13.8 Å². The molecule has 0 saturated carbocycles. The summed E-state index contributed by atoms with van der Waals surface area (Å²) in [5.74, 6) is 1.26. The van der Waals surface area contributed by atoms with Gasteiger partial charge in [0.05, 0.1) is 12.0 Å². The smallest absolute Gasteiger partial charge is 0.313 e. The fourth-order valence-corrected chi connectivity index (χ4v) is 2.53. The van der Waals surface area contributed by atoms with Gasteiger partial charge in [0.15, 0.2) is 0 Å². The van der Waals surface area contributed by atoms with E-state index in [-0.39, 0.29) is 5.97 Å². The Labute approximate surface area is 117 Å². The number of esters is 1. The second-order valence-corrected chi connectivity index (χ2v) is 5.44. The Bertz CT molecular complexity index is 475. The first kappa shape index (κ1) is 14.1. The van der Waals surface area contributed by atoms with Gasteiger partial charge in [0.2, 0.25) is 0 Å². The molecule has 1 fully saturated rings. The third kappa shape index (κ3) is 2.97. The summed E-state index contributed by atoms with van der Waals surface area (Å²) in [5.41, 5.74) is -0.471. The second kappa shape index (κ2) is 5.33. The Hall–Kier alpha value is -1.36. The van der Waals surface area contributed by atoms with Gasteiger partial charge in [-0.2, -0.15) is 0 Å². The summed E-state index contributed by atoms with van der Waals surface area (Å²) >= 11 is 5.94. The van der Waals surface area contributed by atoms with Crippen LogP contribution in [-0.2, 0) is 9.53 Å². The van der Waals surface area contributed by atoms with Crippen LogP contribution >= 0.6 is 11.6 Å². The van der Waals surface area contributed by atoms with Gasteiger partial charge < -0.3 is 9.64 Å². The van der Waals surface area contributed by atoms with Crippen molar-refractivity contribution in [2.24, 2.45) is 5.41 Å². The highest BCUT2D eigenvalue weighted by atomic mass is 35.5. The number of ether oxygens (including phenoxy) is 1. The van der Waals surface area contributed by atoms with Crippen molar-refractivity contribution in [2.45, 2.75) is 27.2 Å². The van der Waals surface area contributed by atoms with Crippen molar-refractivity contribution in [1.29, 1.82) is 0 Å². The average Bonchev–Trinajstić information content (AvgIpc) is 2.72. The summed E-state index contributed by atoms with van der Waals surface area (Å²) in [6.45, 7) is 7.33. The molecule has 2 rings (SSSR count). The van der Waals surface area contributed by atoms with Gasteiger partial charge in [0.25, 0.3) is 0 Å². The number of aryl methyl sites for hydroxylation is 1. The van der Waals surface area contributed by atoms with Crippen LogP contribution in [-0.4, -0.2) is 35.6 Å². The zero-order valence-corrected chi connectivity index (χ0v) is 12.2. The fraction of sp³-hybridized carbons (Fsp3) is 0.615. The molecule has 0 N–H and O–H groups in total. The number of hydrogen-bond acceptors (Lipinski definition) is 5. The molecule has 1 atom stereocenters. The lowest BCUT2D eigenvalue weighted by molar-refractivity contribution is -0.153. The molecule has 5 nitrogen and oxygen atoms in total. The first-order valence-electron chi connectivity index (χ1n) is 6.38. The van der Waals surface area contributed by atoms with Crippen LogP contribution in [0, 0.1) is 12.3 Å². The first-order chi connectivity index (χ1) is 8.94. The molecule has 0 amide bonds. The lowest BCUT2D eigenvalue weighted by Crippen LogP contribution is -2.33. The van der Waals surface area contributed by atoms with E-state index >= 15 is 0 Å². The van der Waals surface area contributed by atoms with Crippen LogP contribution in [0.15, 0.2) is 6.07 Å². The number of carbonyl (C=O) groups is 1. The predicted octanol–water partition coefficient (Wildman–Crippen LogP) is 2.22. The number of rotatable bonds is 3. The molecule has 1 aromatic heterocycles. The summed E-state index contributed by atoms with van der Waals surface area (Å²) in [4.78, 5) is 22.4. The van der Waals surface area contributed by atoms with Crippen LogP contribution in [0.2, 0.25) is 5.15 Å². The summed E-state index contributed by atoms with van der Waals surface area (Å²) in [7, 11) is 0. The lowest BCUT2D eigenvalue weighted by atomic mass is 9.90. The highest BCUT2D eigenvalue weighted by Gasteiger charge is 2.42. The van der Waals surface area contributed by atoms with Gasteiger partial charge in [-0.15, -0.1) is 0 Å². The quantitative estimate of drug-likeness (QED) is 0.629. The molecular formula is C13H18ClN3O2. The van der Waals surface area contributed by atoms with Crippen molar-refractivity contribution >= 4 is 23.4 Å². The van der Waals surface area contributed by atoms with Crippen molar-refractivity contribution < 1.29 is 9.53 Å². The van der Waals surface area contributed by atoms with E-state index < -0.39 is 5.41 Å². The fourth-order valence-electron chi connectivity index (χ4n) is 2.31. The molecule has 1 unspecified atom stereocenters. The van der Waals surface area contributed by atoms with Gasteiger partial charge in [-0.3, -0.25) is 4.79 Å². The van der Waals surface area contributed by atoms with Crippen molar-refractivity contribution in [1.82, 2.24) is 9.97 Å². The van der Waals surface area contributed by atoms with E-state index in [0.29, 0.717) is 24.1 Å². The molecule has 2 heterocycles. The summed E-state index contributed by atoms with van der Waals surface area (Å²) < 4.78 is 5.14. The SMILES string of the molecule is CCOC(=O)C1(C)CCN(c2cc(Cl)nc(C)n2)C1. The third-order valence-electron chi connectivity index (χ3n) is 3.36. The molecule has 0 radical (unpaired) electrons. The average molecular weight is 284 g/mol. The molecule has 1 aromatic rings. The molecule has 0 aliphatic carbocycles.